The van der Waals surface area contributed by atoms with Gasteiger partial charge in [0.1, 0.15) is 29.8 Å². The number of methoxy groups -OCH3 is 1. The number of esters is 1. The molecule has 0 bridgehead atoms. The maximum atomic E-state index is 13.0. The average Bonchev–Trinajstić information content (AvgIpc) is 2.84. The summed E-state index contributed by atoms with van der Waals surface area (Å²) in [6.45, 7) is 7.68. The van der Waals surface area contributed by atoms with Gasteiger partial charge in [-0.3, -0.25) is 9.59 Å². The Hall–Kier alpha value is -3.92. The number of hydrogen-bond donors (Lipinski definition) is 1. The van der Waals surface area contributed by atoms with Gasteiger partial charge >= 0.3 is 5.97 Å². The molecule has 0 aliphatic carbocycles. The Morgan fingerprint density at radius 2 is 1.94 bits per heavy atom. The zero-order valence-corrected chi connectivity index (χ0v) is 20.2. The number of aromatic nitrogens is 1. The van der Waals surface area contributed by atoms with Crippen LogP contribution in [0.25, 0.3) is 0 Å². The third kappa shape index (κ3) is 8.11. The van der Waals surface area contributed by atoms with E-state index in [-0.39, 0.29) is 23.8 Å². The molecular formula is C25H30N2O8. The highest BCUT2D eigenvalue weighted by molar-refractivity contribution is 5.97. The Morgan fingerprint density at radius 1 is 1.23 bits per heavy atom. The van der Waals surface area contributed by atoms with Gasteiger partial charge in [-0.05, 0) is 26.0 Å². The second-order valence-electron chi connectivity index (χ2n) is 7.73. The van der Waals surface area contributed by atoms with E-state index in [4.69, 9.17) is 23.7 Å². The van der Waals surface area contributed by atoms with Crippen LogP contribution in [0.1, 0.15) is 31.3 Å². The van der Waals surface area contributed by atoms with Crippen molar-refractivity contribution in [3.05, 3.63) is 60.9 Å². The molecule has 2 aromatic rings. The lowest BCUT2D eigenvalue weighted by molar-refractivity contribution is -0.147. The molecule has 1 N–H and O–H groups in total. The summed E-state index contributed by atoms with van der Waals surface area (Å²) in [4.78, 5) is 40.0. The van der Waals surface area contributed by atoms with Crippen molar-refractivity contribution in [3.63, 3.8) is 0 Å². The largest absolute Gasteiger partial charge is 0.493 e. The number of aldehydes is 1. The zero-order chi connectivity index (χ0) is 25.8. The molecule has 188 valence electrons. The Kier molecular flexibility index (Phi) is 10.2. The highest BCUT2D eigenvalue weighted by Crippen LogP contribution is 2.30. The molecular weight excluding hydrogens is 456 g/mol. The summed E-state index contributed by atoms with van der Waals surface area (Å²) in [5.41, 5.74) is -1.58. The minimum atomic E-state index is -1.41. The molecule has 1 amide bonds. The molecule has 0 spiro atoms. The first kappa shape index (κ1) is 27.3. The van der Waals surface area contributed by atoms with E-state index in [1.807, 2.05) is 37.3 Å². The fourth-order valence-electron chi connectivity index (χ4n) is 2.93. The van der Waals surface area contributed by atoms with Gasteiger partial charge in [0.15, 0.2) is 17.2 Å². The molecule has 0 radical (unpaired) electrons. The molecule has 0 saturated heterocycles. The van der Waals surface area contributed by atoms with Crippen molar-refractivity contribution >= 4 is 18.2 Å². The Bertz CT molecular complexity index is 1010. The van der Waals surface area contributed by atoms with Crippen molar-refractivity contribution in [1.29, 1.82) is 0 Å². The third-order valence-corrected chi connectivity index (χ3v) is 4.76. The molecule has 1 aromatic heterocycles. The summed E-state index contributed by atoms with van der Waals surface area (Å²) >= 11 is 0. The van der Waals surface area contributed by atoms with E-state index in [0.717, 1.165) is 0 Å². The molecule has 0 fully saturated rings. The molecule has 0 aliphatic heterocycles. The molecule has 35 heavy (non-hydrogen) atoms. The van der Waals surface area contributed by atoms with Gasteiger partial charge in [0.2, 0.25) is 6.79 Å². The summed E-state index contributed by atoms with van der Waals surface area (Å²) in [6.07, 6.45) is 2.49. The Morgan fingerprint density at radius 3 is 2.54 bits per heavy atom. The number of para-hydroxylation sites is 1. The average molecular weight is 487 g/mol. The fourth-order valence-corrected chi connectivity index (χ4v) is 2.93. The highest BCUT2D eigenvalue weighted by atomic mass is 16.7. The molecule has 0 aliphatic rings. The first-order chi connectivity index (χ1) is 16.7. The molecule has 0 saturated carbocycles. The summed E-state index contributed by atoms with van der Waals surface area (Å²) in [5.74, 6) is -0.473. The van der Waals surface area contributed by atoms with Crippen LogP contribution >= 0.6 is 0 Å². The van der Waals surface area contributed by atoms with Crippen molar-refractivity contribution in [2.45, 2.75) is 38.5 Å². The van der Waals surface area contributed by atoms with Crippen LogP contribution in [-0.4, -0.2) is 61.4 Å². The lowest BCUT2D eigenvalue weighted by atomic mass is 10.1. The summed E-state index contributed by atoms with van der Waals surface area (Å²) < 4.78 is 27.1. The molecule has 1 aromatic carbocycles. The molecule has 10 heteroatoms. The second-order valence-corrected chi connectivity index (χ2v) is 7.73. The van der Waals surface area contributed by atoms with Crippen LogP contribution in [0.5, 0.6) is 17.2 Å². The number of rotatable bonds is 14. The van der Waals surface area contributed by atoms with E-state index >= 15 is 0 Å². The number of nitrogens with one attached hydrogen (secondary N) is 1. The molecule has 2 rings (SSSR count). The molecule has 0 unspecified atom stereocenters. The van der Waals surface area contributed by atoms with Crippen LogP contribution in [0, 0.1) is 0 Å². The Labute approximate surface area is 204 Å². The van der Waals surface area contributed by atoms with Gasteiger partial charge in [-0.25, -0.2) is 4.98 Å². The van der Waals surface area contributed by atoms with Crippen LogP contribution in [0.15, 0.2) is 55.3 Å². The van der Waals surface area contributed by atoms with Crippen LogP contribution in [0.3, 0.4) is 0 Å². The topological polar surface area (TPSA) is 122 Å². The first-order valence-corrected chi connectivity index (χ1v) is 10.8. The molecule has 3 atom stereocenters. The van der Waals surface area contributed by atoms with Crippen molar-refractivity contribution < 1.29 is 38.1 Å². The van der Waals surface area contributed by atoms with Gasteiger partial charge in [-0.1, -0.05) is 24.3 Å². The third-order valence-electron chi connectivity index (χ3n) is 4.76. The monoisotopic (exact) mass is 486 g/mol. The Balaban J connectivity index is 2.10. The quantitative estimate of drug-likeness (QED) is 0.186. The van der Waals surface area contributed by atoms with Crippen LogP contribution < -0.4 is 19.5 Å². The van der Waals surface area contributed by atoms with Gasteiger partial charge in [0.25, 0.3) is 5.91 Å². The number of hydrogen-bond acceptors (Lipinski definition) is 9. The van der Waals surface area contributed by atoms with E-state index in [1.54, 1.807) is 6.08 Å². The normalized spacial score (nSPS) is 13.9. The molecule has 10 nitrogen and oxygen atoms in total. The van der Waals surface area contributed by atoms with E-state index in [1.165, 1.54) is 33.2 Å². The lowest BCUT2D eigenvalue weighted by Crippen LogP contribution is -2.52. The number of amides is 1. The SMILES string of the molecule is C=C[C@@H](OC[C@@](C)(C=O)NC(=O)c1nccc(OC)c1OCOC(C)=O)[C@H](C)Oc1ccccc1. The standard InChI is InChI=1S/C25H30N2O8/c1-6-20(17(2)35-19-10-8-7-9-11-19)32-15-25(4,14-28)27-24(30)22-23(34-16-33-18(3)29)21(31-5)12-13-26-22/h6-14,17,20H,1,15-16H2,2-5H3,(H,27,30)/t17-,20+,25+/m0/s1. The highest BCUT2D eigenvalue weighted by Gasteiger charge is 2.31. The van der Waals surface area contributed by atoms with Crippen molar-refractivity contribution in [1.82, 2.24) is 10.3 Å². The minimum Gasteiger partial charge on any atom is -0.493 e. The predicted molar refractivity (Wildman–Crippen MR) is 126 cm³/mol. The van der Waals surface area contributed by atoms with E-state index in [9.17, 15) is 14.4 Å². The smallest absolute Gasteiger partial charge is 0.305 e. The predicted octanol–water partition coefficient (Wildman–Crippen LogP) is 2.72. The summed E-state index contributed by atoms with van der Waals surface area (Å²) in [7, 11) is 1.38. The maximum absolute atomic E-state index is 13.0. The van der Waals surface area contributed by atoms with Crippen molar-refractivity contribution in [3.8, 4) is 17.2 Å². The van der Waals surface area contributed by atoms with Gasteiger partial charge in [-0.15, -0.1) is 6.58 Å². The second kappa shape index (κ2) is 13.1. The number of carbonyl (C=O) groups is 3. The fraction of sp³-hybridized carbons (Fsp3) is 0.360. The number of pyridine rings is 1. The van der Waals surface area contributed by atoms with Crippen molar-refractivity contribution in [2.75, 3.05) is 20.5 Å². The summed E-state index contributed by atoms with van der Waals surface area (Å²) in [6, 6.07) is 10.7. The van der Waals surface area contributed by atoms with Gasteiger partial charge in [0, 0.05) is 19.2 Å². The van der Waals surface area contributed by atoms with Gasteiger partial charge < -0.3 is 33.8 Å². The van der Waals surface area contributed by atoms with Crippen LogP contribution in [0.2, 0.25) is 0 Å². The maximum Gasteiger partial charge on any atom is 0.305 e. The van der Waals surface area contributed by atoms with E-state index in [2.05, 4.69) is 16.9 Å². The van der Waals surface area contributed by atoms with E-state index < -0.39 is 36.4 Å². The first-order valence-electron chi connectivity index (χ1n) is 10.8. The minimum absolute atomic E-state index is 0.0447. The number of carbonyl (C=O) groups excluding carboxylic acids is 3. The van der Waals surface area contributed by atoms with Gasteiger partial charge in [0.05, 0.1) is 13.7 Å². The number of benzene rings is 1. The van der Waals surface area contributed by atoms with Crippen LogP contribution in [0.4, 0.5) is 0 Å². The number of nitrogens with zero attached hydrogens (tertiary/aromatic N) is 1. The summed E-state index contributed by atoms with van der Waals surface area (Å²) in [5, 5.41) is 2.61. The lowest BCUT2D eigenvalue weighted by Gasteiger charge is -2.29. The van der Waals surface area contributed by atoms with E-state index in [0.29, 0.717) is 12.0 Å². The molecule has 1 heterocycles. The van der Waals surface area contributed by atoms with Crippen molar-refractivity contribution in [2.24, 2.45) is 0 Å². The number of ether oxygens (including phenoxy) is 5. The van der Waals surface area contributed by atoms with Crippen LogP contribution in [-0.2, 0) is 19.1 Å². The zero-order valence-electron chi connectivity index (χ0n) is 20.2. The van der Waals surface area contributed by atoms with Gasteiger partial charge in [-0.2, -0.15) is 0 Å².